The Kier molecular flexibility index (Phi) is 4.73. The predicted octanol–water partition coefficient (Wildman–Crippen LogP) is 1.45. The van der Waals surface area contributed by atoms with Crippen LogP contribution in [0.2, 0.25) is 0 Å². The third kappa shape index (κ3) is 3.43. The van der Waals surface area contributed by atoms with Crippen molar-refractivity contribution < 1.29 is 27.8 Å². The summed E-state index contributed by atoms with van der Waals surface area (Å²) in [4.78, 5) is 30.1. The summed E-state index contributed by atoms with van der Waals surface area (Å²) >= 11 is 0. The van der Waals surface area contributed by atoms with Crippen molar-refractivity contribution in [2.75, 3.05) is 36.6 Å². The van der Waals surface area contributed by atoms with Crippen molar-refractivity contribution in [3.63, 3.8) is 0 Å². The van der Waals surface area contributed by atoms with Gasteiger partial charge in [-0.15, -0.1) is 0 Å². The van der Waals surface area contributed by atoms with Crippen LogP contribution in [0.4, 0.5) is 25.1 Å². The van der Waals surface area contributed by atoms with Gasteiger partial charge in [0.2, 0.25) is 5.91 Å². The predicted molar refractivity (Wildman–Crippen MR) is 99.2 cm³/mol. The molecule has 11 heteroatoms. The van der Waals surface area contributed by atoms with Crippen molar-refractivity contribution in [1.82, 2.24) is 9.55 Å². The van der Waals surface area contributed by atoms with E-state index in [1.165, 1.54) is 0 Å². The summed E-state index contributed by atoms with van der Waals surface area (Å²) in [6, 6.07) is 3.93. The van der Waals surface area contributed by atoms with E-state index in [-0.39, 0.29) is 19.0 Å². The number of nitrogens with zero attached hydrogens (tertiary/aromatic N) is 4. The van der Waals surface area contributed by atoms with E-state index in [4.69, 9.17) is 15.2 Å². The number of cyclic esters (lactones) is 1. The van der Waals surface area contributed by atoms with E-state index < -0.39 is 24.5 Å². The third-order valence-corrected chi connectivity index (χ3v) is 4.84. The Bertz CT molecular complexity index is 964. The number of alkyl halides is 2. The number of rotatable bonds is 5. The number of amides is 2. The van der Waals surface area contributed by atoms with Gasteiger partial charge in [-0.1, -0.05) is 0 Å². The first kappa shape index (κ1) is 19.0. The van der Waals surface area contributed by atoms with E-state index in [1.54, 1.807) is 40.9 Å². The van der Waals surface area contributed by atoms with Gasteiger partial charge in [-0.25, -0.2) is 23.5 Å². The van der Waals surface area contributed by atoms with Crippen LogP contribution in [-0.4, -0.2) is 60.8 Å². The van der Waals surface area contributed by atoms with E-state index in [0.717, 1.165) is 10.6 Å². The molecule has 0 bridgehead atoms. The number of imidazole rings is 1. The SMILES string of the molecule is CN(CC(N)=O)c1ccc2c(c1)OCCn1cc(N3C(=O)OCC3C(F)F)nc1-2. The van der Waals surface area contributed by atoms with E-state index in [2.05, 4.69) is 4.98 Å². The number of aromatic nitrogens is 2. The summed E-state index contributed by atoms with van der Waals surface area (Å²) in [5.74, 6) is 0.665. The van der Waals surface area contributed by atoms with Gasteiger partial charge in [0.25, 0.3) is 6.43 Å². The standard InChI is InChI=1S/C18H19F2N5O4/c1-23(7-14(21)26)10-2-3-11-13(6-10)28-5-4-24-8-15(22-17(11)24)25-12(16(19)20)9-29-18(25)27/h2-3,6,8,12,16H,4-5,7,9H2,1H3,(H2,21,26). The number of likely N-dealkylation sites (N-methyl/N-ethyl adjacent to an activating group) is 1. The highest BCUT2D eigenvalue weighted by Gasteiger charge is 2.42. The largest absolute Gasteiger partial charge is 0.491 e. The van der Waals surface area contributed by atoms with Gasteiger partial charge in [0.1, 0.15) is 30.8 Å². The molecular formula is C18H19F2N5O4. The fourth-order valence-corrected chi connectivity index (χ4v) is 3.42. The summed E-state index contributed by atoms with van der Waals surface area (Å²) in [5, 5.41) is 0. The van der Waals surface area contributed by atoms with Crippen molar-refractivity contribution in [3.8, 4) is 17.1 Å². The molecule has 1 saturated heterocycles. The molecule has 0 saturated carbocycles. The van der Waals surface area contributed by atoms with Crippen LogP contribution < -0.4 is 20.3 Å². The highest BCUT2D eigenvalue weighted by atomic mass is 19.3. The first-order valence-electron chi connectivity index (χ1n) is 8.93. The number of carbonyl (C=O) groups excluding carboxylic acids is 2. The Morgan fingerprint density at radius 2 is 2.21 bits per heavy atom. The Labute approximate surface area is 164 Å². The maximum atomic E-state index is 13.3. The van der Waals surface area contributed by atoms with Crippen molar-refractivity contribution in [2.45, 2.75) is 19.0 Å². The fourth-order valence-electron chi connectivity index (χ4n) is 3.42. The molecular weight excluding hydrogens is 388 g/mol. The summed E-state index contributed by atoms with van der Waals surface area (Å²) in [5.41, 5.74) is 6.61. The molecule has 9 nitrogen and oxygen atoms in total. The van der Waals surface area contributed by atoms with Crippen LogP contribution in [0.25, 0.3) is 11.4 Å². The normalized spacial score (nSPS) is 18.0. The van der Waals surface area contributed by atoms with Crippen LogP contribution in [0.1, 0.15) is 0 Å². The lowest BCUT2D eigenvalue weighted by atomic mass is 10.1. The van der Waals surface area contributed by atoms with Gasteiger partial charge >= 0.3 is 6.09 Å². The Morgan fingerprint density at radius 3 is 2.93 bits per heavy atom. The first-order chi connectivity index (χ1) is 13.8. The average Bonchev–Trinajstić information content (AvgIpc) is 3.20. The number of hydrogen-bond donors (Lipinski definition) is 1. The Balaban J connectivity index is 1.70. The van der Waals surface area contributed by atoms with Crippen LogP contribution in [0.5, 0.6) is 5.75 Å². The third-order valence-electron chi connectivity index (χ3n) is 4.84. The highest BCUT2D eigenvalue weighted by molar-refractivity contribution is 5.89. The summed E-state index contributed by atoms with van der Waals surface area (Å²) < 4.78 is 38.9. The monoisotopic (exact) mass is 407 g/mol. The maximum Gasteiger partial charge on any atom is 0.416 e. The molecule has 29 heavy (non-hydrogen) atoms. The number of nitrogens with two attached hydrogens (primary N) is 1. The number of hydrogen-bond acceptors (Lipinski definition) is 6. The second-order valence-electron chi connectivity index (χ2n) is 6.82. The zero-order valence-corrected chi connectivity index (χ0v) is 15.5. The number of anilines is 2. The van der Waals surface area contributed by atoms with Gasteiger partial charge in [-0.3, -0.25) is 4.79 Å². The van der Waals surface area contributed by atoms with Crippen LogP contribution in [0, 0.1) is 0 Å². The number of carbonyl (C=O) groups is 2. The van der Waals surface area contributed by atoms with Gasteiger partial charge in [0.15, 0.2) is 5.82 Å². The minimum atomic E-state index is -2.75. The smallest absolute Gasteiger partial charge is 0.416 e. The number of halogens is 2. The van der Waals surface area contributed by atoms with Crippen LogP contribution >= 0.6 is 0 Å². The number of benzene rings is 1. The van der Waals surface area contributed by atoms with E-state index >= 15 is 0 Å². The van der Waals surface area contributed by atoms with Gasteiger partial charge < -0.3 is 24.7 Å². The van der Waals surface area contributed by atoms with Gasteiger partial charge in [0, 0.05) is 25.0 Å². The molecule has 2 N–H and O–H groups in total. The molecule has 0 radical (unpaired) electrons. The lowest BCUT2D eigenvalue weighted by Crippen LogP contribution is -2.38. The summed E-state index contributed by atoms with van der Waals surface area (Å²) in [6.07, 6.45) is -2.05. The molecule has 1 aromatic carbocycles. The van der Waals surface area contributed by atoms with Crippen molar-refractivity contribution >= 4 is 23.5 Å². The highest BCUT2D eigenvalue weighted by Crippen LogP contribution is 2.37. The van der Waals surface area contributed by atoms with E-state index in [0.29, 0.717) is 30.3 Å². The van der Waals surface area contributed by atoms with Gasteiger partial charge in [-0.2, -0.15) is 0 Å². The molecule has 0 aliphatic carbocycles. The molecule has 4 rings (SSSR count). The average molecular weight is 407 g/mol. The minimum Gasteiger partial charge on any atom is -0.491 e. The molecule has 3 heterocycles. The molecule has 2 aliphatic rings. The van der Waals surface area contributed by atoms with Crippen LogP contribution in [0.3, 0.4) is 0 Å². The minimum absolute atomic E-state index is 0.0453. The van der Waals surface area contributed by atoms with Crippen LogP contribution in [0.15, 0.2) is 24.4 Å². The second-order valence-corrected chi connectivity index (χ2v) is 6.82. The zero-order chi connectivity index (χ0) is 20.7. The quantitative estimate of drug-likeness (QED) is 0.805. The topological polar surface area (TPSA) is 103 Å². The maximum absolute atomic E-state index is 13.3. The van der Waals surface area contributed by atoms with Crippen molar-refractivity contribution in [3.05, 3.63) is 24.4 Å². The van der Waals surface area contributed by atoms with Gasteiger partial charge in [-0.05, 0) is 12.1 Å². The van der Waals surface area contributed by atoms with E-state index in [9.17, 15) is 18.4 Å². The lowest BCUT2D eigenvalue weighted by Gasteiger charge is -2.19. The molecule has 2 aliphatic heterocycles. The molecule has 2 aromatic rings. The van der Waals surface area contributed by atoms with E-state index in [1.807, 2.05) is 0 Å². The zero-order valence-electron chi connectivity index (χ0n) is 15.5. The molecule has 2 amide bonds. The Hall–Kier alpha value is -3.37. The molecule has 1 unspecified atom stereocenters. The number of ether oxygens (including phenoxy) is 2. The van der Waals surface area contributed by atoms with Crippen molar-refractivity contribution in [1.29, 1.82) is 0 Å². The number of primary amides is 1. The molecule has 1 aromatic heterocycles. The lowest BCUT2D eigenvalue weighted by molar-refractivity contribution is -0.116. The second kappa shape index (κ2) is 7.22. The van der Waals surface area contributed by atoms with Crippen LogP contribution in [-0.2, 0) is 16.1 Å². The number of fused-ring (bicyclic) bond motifs is 3. The summed E-state index contributed by atoms with van der Waals surface area (Å²) in [7, 11) is 1.73. The molecule has 1 fully saturated rings. The summed E-state index contributed by atoms with van der Waals surface area (Å²) in [6.45, 7) is 0.408. The van der Waals surface area contributed by atoms with Gasteiger partial charge in [0.05, 0.1) is 18.7 Å². The molecule has 154 valence electrons. The first-order valence-corrected chi connectivity index (χ1v) is 8.93. The van der Waals surface area contributed by atoms with Crippen molar-refractivity contribution in [2.24, 2.45) is 5.73 Å². The molecule has 1 atom stereocenters. The Morgan fingerprint density at radius 1 is 1.41 bits per heavy atom. The fraction of sp³-hybridized carbons (Fsp3) is 0.389. The molecule has 0 spiro atoms.